The molecule has 0 aliphatic rings. The molecule has 1 heterocycles. The van der Waals surface area contributed by atoms with Crippen LogP contribution in [-0.4, -0.2) is 23.8 Å². The molecule has 0 saturated heterocycles. The molecule has 102 valence electrons. The summed E-state index contributed by atoms with van der Waals surface area (Å²) in [5.41, 5.74) is 4.52. The maximum atomic E-state index is 5.60. The fourth-order valence-electron chi connectivity index (χ4n) is 2.49. The molecular formula is C15H20N2O2. The molecule has 1 aromatic carbocycles. The van der Waals surface area contributed by atoms with Crippen molar-refractivity contribution in [2.75, 3.05) is 14.2 Å². The van der Waals surface area contributed by atoms with Gasteiger partial charge in [0, 0.05) is 18.0 Å². The second-order valence-corrected chi connectivity index (χ2v) is 4.66. The SMILES string of the molecule is COc1c(C)c(C)c(OC)c(Cn2ccnc2)c1C. The summed E-state index contributed by atoms with van der Waals surface area (Å²) in [6, 6.07) is 0. The van der Waals surface area contributed by atoms with E-state index in [0.717, 1.165) is 40.3 Å². The van der Waals surface area contributed by atoms with Gasteiger partial charge in [0.15, 0.2) is 0 Å². The third kappa shape index (κ3) is 2.30. The first kappa shape index (κ1) is 13.5. The number of methoxy groups -OCH3 is 2. The van der Waals surface area contributed by atoms with Crippen molar-refractivity contribution in [1.82, 2.24) is 9.55 Å². The average Bonchev–Trinajstić information content (AvgIpc) is 2.90. The lowest BCUT2D eigenvalue weighted by molar-refractivity contribution is 0.389. The van der Waals surface area contributed by atoms with Crippen molar-refractivity contribution < 1.29 is 9.47 Å². The van der Waals surface area contributed by atoms with Crippen molar-refractivity contribution in [3.63, 3.8) is 0 Å². The molecule has 2 aromatic rings. The van der Waals surface area contributed by atoms with E-state index in [0.29, 0.717) is 0 Å². The van der Waals surface area contributed by atoms with Gasteiger partial charge in [-0.3, -0.25) is 0 Å². The molecule has 4 nitrogen and oxygen atoms in total. The highest BCUT2D eigenvalue weighted by atomic mass is 16.5. The third-order valence-electron chi connectivity index (χ3n) is 3.62. The van der Waals surface area contributed by atoms with Gasteiger partial charge in [0.05, 0.1) is 27.1 Å². The predicted octanol–water partition coefficient (Wildman–Crippen LogP) is 2.87. The zero-order chi connectivity index (χ0) is 14.0. The van der Waals surface area contributed by atoms with Crippen molar-refractivity contribution in [1.29, 1.82) is 0 Å². The van der Waals surface area contributed by atoms with Crippen LogP contribution in [0.25, 0.3) is 0 Å². The van der Waals surface area contributed by atoms with Crippen LogP contribution < -0.4 is 9.47 Å². The van der Waals surface area contributed by atoms with Gasteiger partial charge >= 0.3 is 0 Å². The third-order valence-corrected chi connectivity index (χ3v) is 3.62. The maximum Gasteiger partial charge on any atom is 0.127 e. The maximum absolute atomic E-state index is 5.60. The van der Waals surface area contributed by atoms with E-state index < -0.39 is 0 Å². The monoisotopic (exact) mass is 260 g/mol. The first-order chi connectivity index (χ1) is 9.10. The number of imidazole rings is 1. The molecule has 1 aromatic heterocycles. The van der Waals surface area contributed by atoms with E-state index in [1.165, 1.54) is 0 Å². The lowest BCUT2D eigenvalue weighted by Gasteiger charge is -2.20. The zero-order valence-corrected chi connectivity index (χ0v) is 12.2. The minimum Gasteiger partial charge on any atom is -0.496 e. The van der Waals surface area contributed by atoms with Gasteiger partial charge in [-0.15, -0.1) is 0 Å². The molecule has 4 heteroatoms. The molecule has 0 amide bonds. The molecule has 0 atom stereocenters. The quantitative estimate of drug-likeness (QED) is 0.848. The van der Waals surface area contributed by atoms with Gasteiger partial charge in [-0.25, -0.2) is 4.98 Å². The molecule has 0 saturated carbocycles. The van der Waals surface area contributed by atoms with Crippen molar-refractivity contribution in [3.05, 3.63) is 41.0 Å². The summed E-state index contributed by atoms with van der Waals surface area (Å²) in [5.74, 6) is 1.87. The van der Waals surface area contributed by atoms with Crippen LogP contribution in [0.15, 0.2) is 18.7 Å². The summed E-state index contributed by atoms with van der Waals surface area (Å²) in [6.45, 7) is 6.92. The Morgan fingerprint density at radius 3 is 2.16 bits per heavy atom. The Morgan fingerprint density at radius 2 is 1.63 bits per heavy atom. The van der Waals surface area contributed by atoms with E-state index in [9.17, 15) is 0 Å². The van der Waals surface area contributed by atoms with E-state index in [1.807, 2.05) is 10.8 Å². The normalized spacial score (nSPS) is 10.6. The second-order valence-electron chi connectivity index (χ2n) is 4.66. The fourth-order valence-corrected chi connectivity index (χ4v) is 2.49. The largest absolute Gasteiger partial charge is 0.496 e. The van der Waals surface area contributed by atoms with Gasteiger partial charge in [-0.1, -0.05) is 0 Å². The molecule has 2 rings (SSSR count). The van der Waals surface area contributed by atoms with Gasteiger partial charge < -0.3 is 14.0 Å². The van der Waals surface area contributed by atoms with Crippen molar-refractivity contribution in [2.24, 2.45) is 0 Å². The number of rotatable bonds is 4. The van der Waals surface area contributed by atoms with Crippen LogP contribution in [0.5, 0.6) is 11.5 Å². The number of nitrogens with zero attached hydrogens (tertiary/aromatic N) is 2. The smallest absolute Gasteiger partial charge is 0.127 e. The highest BCUT2D eigenvalue weighted by molar-refractivity contribution is 5.58. The molecule has 0 N–H and O–H groups in total. The number of hydrogen-bond acceptors (Lipinski definition) is 3. The summed E-state index contributed by atoms with van der Waals surface area (Å²) in [5, 5.41) is 0. The molecule has 0 spiro atoms. The molecular weight excluding hydrogens is 240 g/mol. The van der Waals surface area contributed by atoms with Crippen LogP contribution in [0.3, 0.4) is 0 Å². The van der Waals surface area contributed by atoms with E-state index in [2.05, 4.69) is 25.8 Å². The minimum absolute atomic E-state index is 0.729. The first-order valence-corrected chi connectivity index (χ1v) is 6.26. The predicted molar refractivity (Wildman–Crippen MR) is 75.1 cm³/mol. The van der Waals surface area contributed by atoms with Crippen molar-refractivity contribution >= 4 is 0 Å². The van der Waals surface area contributed by atoms with Crippen molar-refractivity contribution in [2.45, 2.75) is 27.3 Å². The summed E-state index contributed by atoms with van der Waals surface area (Å²) < 4.78 is 13.2. The van der Waals surface area contributed by atoms with E-state index >= 15 is 0 Å². The van der Waals surface area contributed by atoms with Crippen molar-refractivity contribution in [3.8, 4) is 11.5 Å². The first-order valence-electron chi connectivity index (χ1n) is 6.26. The Hall–Kier alpha value is -1.97. The summed E-state index contributed by atoms with van der Waals surface area (Å²) in [6.07, 6.45) is 5.53. The minimum atomic E-state index is 0.729. The van der Waals surface area contributed by atoms with Crippen LogP contribution in [0, 0.1) is 20.8 Å². The summed E-state index contributed by atoms with van der Waals surface area (Å²) in [7, 11) is 3.42. The second kappa shape index (κ2) is 5.34. The van der Waals surface area contributed by atoms with Crippen LogP contribution in [-0.2, 0) is 6.54 Å². The molecule has 0 unspecified atom stereocenters. The molecule has 0 radical (unpaired) electrons. The summed E-state index contributed by atoms with van der Waals surface area (Å²) >= 11 is 0. The van der Waals surface area contributed by atoms with Gasteiger partial charge in [-0.2, -0.15) is 0 Å². The number of ether oxygens (including phenoxy) is 2. The van der Waals surface area contributed by atoms with E-state index in [4.69, 9.17) is 9.47 Å². The average molecular weight is 260 g/mol. The number of aromatic nitrogens is 2. The van der Waals surface area contributed by atoms with E-state index in [1.54, 1.807) is 26.7 Å². The topological polar surface area (TPSA) is 36.3 Å². The summed E-state index contributed by atoms with van der Waals surface area (Å²) in [4.78, 5) is 4.08. The van der Waals surface area contributed by atoms with Crippen LogP contribution >= 0.6 is 0 Å². The molecule has 0 fully saturated rings. The van der Waals surface area contributed by atoms with Gasteiger partial charge in [0.25, 0.3) is 0 Å². The number of benzene rings is 1. The van der Waals surface area contributed by atoms with Gasteiger partial charge in [-0.05, 0) is 37.5 Å². The number of hydrogen-bond donors (Lipinski definition) is 0. The van der Waals surface area contributed by atoms with Crippen LogP contribution in [0.4, 0.5) is 0 Å². The molecule has 0 aliphatic heterocycles. The highest BCUT2D eigenvalue weighted by Crippen LogP contribution is 2.37. The van der Waals surface area contributed by atoms with Crippen LogP contribution in [0.1, 0.15) is 22.3 Å². The Labute approximate surface area is 114 Å². The van der Waals surface area contributed by atoms with Crippen LogP contribution in [0.2, 0.25) is 0 Å². The Morgan fingerprint density at radius 1 is 1.00 bits per heavy atom. The Kier molecular flexibility index (Phi) is 3.79. The van der Waals surface area contributed by atoms with Gasteiger partial charge in [0.2, 0.25) is 0 Å². The lowest BCUT2D eigenvalue weighted by Crippen LogP contribution is -2.07. The standard InChI is InChI=1S/C15H20N2O2/c1-10-11(2)15(19-5)13(12(3)14(10)18-4)8-17-7-6-16-9-17/h6-7,9H,8H2,1-5H3. The Bertz CT molecular complexity index is 575. The highest BCUT2D eigenvalue weighted by Gasteiger charge is 2.18. The fraction of sp³-hybridized carbons (Fsp3) is 0.400. The van der Waals surface area contributed by atoms with E-state index in [-0.39, 0.29) is 0 Å². The molecule has 19 heavy (non-hydrogen) atoms. The molecule has 0 aliphatic carbocycles. The lowest BCUT2D eigenvalue weighted by atomic mass is 9.97. The van der Waals surface area contributed by atoms with Gasteiger partial charge in [0.1, 0.15) is 11.5 Å². The Balaban J connectivity index is 2.60. The molecule has 0 bridgehead atoms. The zero-order valence-electron chi connectivity index (χ0n) is 12.2.